The number of carbonyl (C=O) groups is 2. The van der Waals surface area contributed by atoms with Crippen LogP contribution in [0.4, 0.5) is 26.7 Å². The van der Waals surface area contributed by atoms with Crippen molar-refractivity contribution in [3.8, 4) is 5.75 Å². The quantitative estimate of drug-likeness (QED) is 0.0234. The van der Waals surface area contributed by atoms with Gasteiger partial charge in [-0.05, 0) is 91.3 Å². The summed E-state index contributed by atoms with van der Waals surface area (Å²) in [6.45, 7) is 14.2. The molecule has 0 radical (unpaired) electrons. The highest BCUT2D eigenvalue weighted by molar-refractivity contribution is 5.72. The molecule has 8 atom stereocenters. The zero-order valence-electron chi connectivity index (χ0n) is 35.6. The van der Waals surface area contributed by atoms with Gasteiger partial charge < -0.3 is 33.7 Å². The number of nitrogens with one attached hydrogen (secondary N) is 1. The molecule has 0 aliphatic heterocycles. The van der Waals surface area contributed by atoms with E-state index in [1.807, 2.05) is 0 Å². The van der Waals surface area contributed by atoms with Crippen molar-refractivity contribution in [3.05, 3.63) is 40.7 Å². The molecule has 0 aromatic heterocycles. The number of benzene rings is 1. The van der Waals surface area contributed by atoms with E-state index in [1.165, 1.54) is 56.9 Å². The Morgan fingerprint density at radius 1 is 0.746 bits per heavy atom. The van der Waals surface area contributed by atoms with Gasteiger partial charge in [0.05, 0.1) is 59.3 Å². The number of hydrogen-bond donors (Lipinski definition) is 1. The summed E-state index contributed by atoms with van der Waals surface area (Å²) in [4.78, 5) is 24.4. The second-order valence-electron chi connectivity index (χ2n) is 18.1. The van der Waals surface area contributed by atoms with E-state index in [4.69, 9.17) is 23.7 Å². The molecule has 1 N–H and O–H groups in total. The summed E-state index contributed by atoms with van der Waals surface area (Å²) in [5, 5.41) is 2.81. The lowest BCUT2D eigenvalue weighted by molar-refractivity contribution is -0.136. The lowest BCUT2D eigenvalue weighted by Crippen LogP contribution is -2.51. The van der Waals surface area contributed by atoms with Gasteiger partial charge in [-0.3, -0.25) is 4.79 Å². The fourth-order valence-corrected chi connectivity index (χ4v) is 10.9. The lowest BCUT2D eigenvalue weighted by atomic mass is 9.47. The molecular weight excluding hydrogens is 777 g/mol. The van der Waals surface area contributed by atoms with E-state index in [2.05, 4.69) is 50.7 Å². The van der Waals surface area contributed by atoms with Crippen LogP contribution in [0, 0.1) is 75.4 Å². The van der Waals surface area contributed by atoms with Crippen molar-refractivity contribution in [1.82, 2.24) is 5.32 Å². The Morgan fingerprint density at radius 2 is 1.36 bits per heavy atom. The first kappa shape index (κ1) is 47.2. The molecular formula is C45H66F5NO8. The lowest BCUT2D eigenvalue weighted by Gasteiger charge is -2.58. The molecule has 3 fully saturated rings. The highest BCUT2D eigenvalue weighted by atomic mass is 19.2. The van der Waals surface area contributed by atoms with Crippen molar-refractivity contribution < 1.29 is 60.0 Å². The van der Waals surface area contributed by atoms with Gasteiger partial charge in [-0.25, -0.2) is 18.0 Å². The number of hydrogen-bond acceptors (Lipinski definition) is 8. The number of ether oxygens (including phenoxy) is 6. The van der Waals surface area contributed by atoms with Crippen molar-refractivity contribution >= 4 is 12.1 Å². The predicted octanol–water partition coefficient (Wildman–Crippen LogP) is 9.88. The van der Waals surface area contributed by atoms with Gasteiger partial charge in [0.2, 0.25) is 34.8 Å². The van der Waals surface area contributed by atoms with Crippen LogP contribution in [0.25, 0.3) is 0 Å². The zero-order chi connectivity index (χ0) is 42.7. The molecule has 334 valence electrons. The molecule has 9 nitrogen and oxygen atoms in total. The second kappa shape index (κ2) is 21.8. The van der Waals surface area contributed by atoms with Gasteiger partial charge in [-0.15, -0.1) is 0 Å². The molecule has 14 heteroatoms. The summed E-state index contributed by atoms with van der Waals surface area (Å²) < 4.78 is 98.6. The first-order valence-electron chi connectivity index (χ1n) is 21.8. The highest BCUT2D eigenvalue weighted by Crippen LogP contribution is 2.67. The SMILES string of the molecule is CC(C)CCC[C@@H](C)C1CC[C@H]2[C@@H]3CC=C4C[C@@H](OC(=O)NCCOCCOCCOCCOCCC(=O)Oc5c(F)c(F)c(F)c(F)c5F)CC[C@]4(C)[C@H]3CC[C@]12C. The van der Waals surface area contributed by atoms with Gasteiger partial charge in [0.1, 0.15) is 6.10 Å². The average Bonchev–Trinajstić information content (AvgIpc) is 3.56. The largest absolute Gasteiger partial charge is 0.446 e. The minimum atomic E-state index is -2.35. The van der Waals surface area contributed by atoms with Gasteiger partial charge in [0.15, 0.2) is 0 Å². The maximum absolute atomic E-state index is 13.6. The molecule has 1 unspecified atom stereocenters. The number of amides is 1. The van der Waals surface area contributed by atoms with Gasteiger partial charge >= 0.3 is 12.1 Å². The van der Waals surface area contributed by atoms with Crippen LogP contribution in [-0.4, -0.2) is 77.6 Å². The van der Waals surface area contributed by atoms with E-state index in [-0.39, 0.29) is 37.9 Å². The molecule has 5 rings (SSSR count). The van der Waals surface area contributed by atoms with Crippen LogP contribution < -0.4 is 10.1 Å². The number of fused-ring (bicyclic) bond motifs is 5. The Labute approximate surface area is 346 Å². The predicted molar refractivity (Wildman–Crippen MR) is 211 cm³/mol. The molecule has 1 amide bonds. The second-order valence-corrected chi connectivity index (χ2v) is 18.1. The normalized spacial score (nSPS) is 28.1. The minimum Gasteiger partial charge on any atom is -0.446 e. The van der Waals surface area contributed by atoms with E-state index in [9.17, 15) is 31.5 Å². The molecule has 0 spiro atoms. The third-order valence-electron chi connectivity index (χ3n) is 14.0. The Balaban J connectivity index is 0.870. The topological polar surface area (TPSA) is 102 Å². The van der Waals surface area contributed by atoms with Crippen LogP contribution in [-0.2, 0) is 28.5 Å². The number of rotatable bonds is 22. The number of carbonyl (C=O) groups excluding carboxylic acids is 2. The molecule has 4 aliphatic carbocycles. The van der Waals surface area contributed by atoms with E-state index >= 15 is 0 Å². The van der Waals surface area contributed by atoms with Crippen molar-refractivity contribution in [3.63, 3.8) is 0 Å². The van der Waals surface area contributed by atoms with Crippen LogP contribution in [0.3, 0.4) is 0 Å². The molecule has 0 bridgehead atoms. The third-order valence-corrected chi connectivity index (χ3v) is 14.0. The zero-order valence-corrected chi connectivity index (χ0v) is 35.6. The summed E-state index contributed by atoms with van der Waals surface area (Å²) in [5.41, 5.74) is 2.18. The van der Waals surface area contributed by atoms with Crippen molar-refractivity contribution in [2.45, 2.75) is 118 Å². The van der Waals surface area contributed by atoms with Crippen LogP contribution in [0.5, 0.6) is 5.75 Å². The van der Waals surface area contributed by atoms with E-state index < -0.39 is 53.3 Å². The molecule has 59 heavy (non-hydrogen) atoms. The highest BCUT2D eigenvalue weighted by Gasteiger charge is 2.59. The monoisotopic (exact) mass is 843 g/mol. The van der Waals surface area contributed by atoms with E-state index in [0.717, 1.165) is 54.8 Å². The fourth-order valence-electron chi connectivity index (χ4n) is 10.9. The fraction of sp³-hybridized carbons (Fsp3) is 0.778. The first-order chi connectivity index (χ1) is 28.2. The van der Waals surface area contributed by atoms with Gasteiger partial charge in [-0.1, -0.05) is 65.5 Å². The van der Waals surface area contributed by atoms with Gasteiger partial charge in [0.25, 0.3) is 0 Å². The summed E-state index contributed by atoms with van der Waals surface area (Å²) in [6.07, 6.45) is 15.0. The van der Waals surface area contributed by atoms with Crippen LogP contribution in [0.1, 0.15) is 112 Å². The summed E-state index contributed by atoms with van der Waals surface area (Å²) in [5.74, 6) is -9.34. The maximum atomic E-state index is 13.6. The average molecular weight is 844 g/mol. The Bertz CT molecular complexity index is 1570. The standard InChI is InChI=1S/C45H66F5NO8/c1-28(2)7-6-8-29(3)33-11-12-34-32-10-9-30-27-31(13-16-44(30,4)35(32)14-17-45(33,34)5)58-43(53)51-18-20-55-22-24-57-26-25-56-23-21-54-19-15-36(52)59-42-40(49)38(47)37(46)39(48)41(42)50/h9,28-29,31-35H,6-8,10-27H2,1-5H3,(H,51,53)/t29-,31+,32+,33?,34+,35+,44+,45-/m1/s1. The molecule has 3 saturated carbocycles. The van der Waals surface area contributed by atoms with Crippen LogP contribution in [0.15, 0.2) is 11.6 Å². The van der Waals surface area contributed by atoms with Gasteiger partial charge in [-0.2, -0.15) is 8.78 Å². The Hall–Kier alpha value is -2.81. The number of halogens is 5. The molecule has 1 aromatic carbocycles. The molecule has 0 saturated heterocycles. The smallest absolute Gasteiger partial charge is 0.407 e. The van der Waals surface area contributed by atoms with Crippen molar-refractivity contribution in [2.75, 3.05) is 59.4 Å². The first-order valence-corrected chi connectivity index (χ1v) is 21.8. The summed E-state index contributed by atoms with van der Waals surface area (Å²) in [6, 6.07) is 0. The third kappa shape index (κ3) is 11.8. The maximum Gasteiger partial charge on any atom is 0.407 e. The molecule has 4 aliphatic rings. The summed E-state index contributed by atoms with van der Waals surface area (Å²) in [7, 11) is 0. The molecule has 0 heterocycles. The minimum absolute atomic E-state index is 0.0754. The van der Waals surface area contributed by atoms with Gasteiger partial charge in [0, 0.05) is 13.0 Å². The Morgan fingerprint density at radius 3 is 2.00 bits per heavy atom. The molecule has 1 aromatic rings. The summed E-state index contributed by atoms with van der Waals surface area (Å²) >= 11 is 0. The van der Waals surface area contributed by atoms with Crippen LogP contribution in [0.2, 0.25) is 0 Å². The van der Waals surface area contributed by atoms with E-state index in [0.29, 0.717) is 38.4 Å². The van der Waals surface area contributed by atoms with Crippen LogP contribution >= 0.6 is 0 Å². The number of alkyl carbamates (subject to hydrolysis) is 1. The van der Waals surface area contributed by atoms with Crippen molar-refractivity contribution in [1.29, 1.82) is 0 Å². The number of allylic oxidation sites excluding steroid dienone is 1. The van der Waals surface area contributed by atoms with E-state index in [1.54, 1.807) is 0 Å². The number of esters is 1. The van der Waals surface area contributed by atoms with Crippen molar-refractivity contribution in [2.24, 2.45) is 46.3 Å². The Kier molecular flexibility index (Phi) is 17.5.